The fourth-order valence-corrected chi connectivity index (χ4v) is 3.75. The van der Waals surface area contributed by atoms with Gasteiger partial charge in [-0.1, -0.05) is 6.07 Å². The Hall–Kier alpha value is -3.28. The van der Waals surface area contributed by atoms with E-state index in [1.807, 2.05) is 24.4 Å². The van der Waals surface area contributed by atoms with Crippen molar-refractivity contribution in [1.29, 1.82) is 0 Å². The monoisotopic (exact) mass is 389 g/mol. The molecule has 0 spiro atoms. The Labute approximate surface area is 172 Å². The lowest BCUT2D eigenvalue weighted by atomic mass is 10.1. The summed E-state index contributed by atoms with van der Waals surface area (Å²) in [5.41, 5.74) is 4.69. The fourth-order valence-electron chi connectivity index (χ4n) is 3.75. The van der Waals surface area contributed by atoms with Crippen molar-refractivity contribution in [3.63, 3.8) is 0 Å². The third-order valence-electron chi connectivity index (χ3n) is 5.16. The number of aromatic nitrogens is 2. The van der Waals surface area contributed by atoms with Gasteiger partial charge in [0.05, 0.1) is 7.11 Å². The molecule has 150 valence electrons. The van der Waals surface area contributed by atoms with Gasteiger partial charge >= 0.3 is 0 Å². The fraction of sp³-hybridized carbons (Fsp3) is 0.304. The number of benzene rings is 2. The molecule has 2 heterocycles. The Morgan fingerprint density at radius 1 is 0.862 bits per heavy atom. The van der Waals surface area contributed by atoms with Crippen molar-refractivity contribution < 1.29 is 4.74 Å². The van der Waals surface area contributed by atoms with Gasteiger partial charge in [-0.3, -0.25) is 0 Å². The quantitative estimate of drug-likeness (QED) is 0.707. The molecule has 0 saturated carbocycles. The van der Waals surface area contributed by atoms with Gasteiger partial charge in [0, 0.05) is 43.8 Å². The van der Waals surface area contributed by atoms with Crippen molar-refractivity contribution in [2.75, 3.05) is 48.4 Å². The van der Waals surface area contributed by atoms with Crippen LogP contribution in [0.1, 0.15) is 11.1 Å². The minimum absolute atomic E-state index is 0.630. The molecule has 1 N–H and O–H groups in total. The SMILES string of the molecule is COc1ccc(N2CCN(c3ccnc(Nc4cc(C)cc(C)c4)n3)CC2)cc1. The predicted octanol–water partition coefficient (Wildman–Crippen LogP) is 4.17. The number of piperazine rings is 1. The molecule has 0 atom stereocenters. The minimum Gasteiger partial charge on any atom is -0.497 e. The van der Waals surface area contributed by atoms with E-state index < -0.39 is 0 Å². The van der Waals surface area contributed by atoms with Gasteiger partial charge in [-0.25, -0.2) is 4.98 Å². The molecule has 29 heavy (non-hydrogen) atoms. The number of ether oxygens (including phenoxy) is 1. The third-order valence-corrected chi connectivity index (χ3v) is 5.16. The number of methoxy groups -OCH3 is 1. The molecule has 6 heteroatoms. The molecule has 1 aliphatic heterocycles. The number of aryl methyl sites for hydroxylation is 2. The molecule has 4 rings (SSSR count). The van der Waals surface area contributed by atoms with Crippen LogP contribution in [-0.4, -0.2) is 43.3 Å². The molecule has 0 bridgehead atoms. The Kier molecular flexibility index (Phi) is 5.51. The predicted molar refractivity (Wildman–Crippen MR) is 119 cm³/mol. The standard InChI is InChI=1S/C23H27N5O/c1-17-14-18(2)16-19(15-17)25-23-24-9-8-22(26-23)28-12-10-27(11-13-28)20-4-6-21(29-3)7-5-20/h4-9,14-16H,10-13H2,1-3H3,(H,24,25,26). The summed E-state index contributed by atoms with van der Waals surface area (Å²) in [7, 11) is 1.69. The summed E-state index contributed by atoms with van der Waals surface area (Å²) in [6, 6.07) is 16.6. The summed E-state index contributed by atoms with van der Waals surface area (Å²) >= 11 is 0. The minimum atomic E-state index is 0.630. The van der Waals surface area contributed by atoms with E-state index in [-0.39, 0.29) is 0 Å². The molecule has 1 fully saturated rings. The Morgan fingerprint density at radius 3 is 2.17 bits per heavy atom. The number of nitrogens with one attached hydrogen (secondary N) is 1. The molecule has 1 aliphatic rings. The molecule has 3 aromatic rings. The number of rotatable bonds is 5. The topological polar surface area (TPSA) is 53.5 Å². The molecule has 6 nitrogen and oxygen atoms in total. The summed E-state index contributed by atoms with van der Waals surface area (Å²) in [6.45, 7) is 7.94. The highest BCUT2D eigenvalue weighted by atomic mass is 16.5. The van der Waals surface area contributed by atoms with Gasteiger partial charge in [0.2, 0.25) is 5.95 Å². The van der Waals surface area contributed by atoms with Crippen molar-refractivity contribution in [2.45, 2.75) is 13.8 Å². The largest absolute Gasteiger partial charge is 0.497 e. The molecule has 2 aromatic carbocycles. The van der Waals surface area contributed by atoms with Crippen LogP contribution >= 0.6 is 0 Å². The third kappa shape index (κ3) is 4.59. The number of hydrogen-bond acceptors (Lipinski definition) is 6. The van der Waals surface area contributed by atoms with E-state index in [1.165, 1.54) is 16.8 Å². The molecule has 0 amide bonds. The van der Waals surface area contributed by atoms with E-state index in [1.54, 1.807) is 7.11 Å². The lowest BCUT2D eigenvalue weighted by Gasteiger charge is -2.36. The first-order chi connectivity index (χ1) is 14.1. The van der Waals surface area contributed by atoms with Crippen molar-refractivity contribution in [2.24, 2.45) is 0 Å². The summed E-state index contributed by atoms with van der Waals surface area (Å²) in [4.78, 5) is 13.8. The maximum absolute atomic E-state index is 5.25. The van der Waals surface area contributed by atoms with E-state index in [0.29, 0.717) is 5.95 Å². The Morgan fingerprint density at radius 2 is 1.52 bits per heavy atom. The number of hydrogen-bond donors (Lipinski definition) is 1. The molecule has 0 aliphatic carbocycles. The Balaban J connectivity index is 1.41. The van der Waals surface area contributed by atoms with Crippen LogP contribution in [0.25, 0.3) is 0 Å². The van der Waals surface area contributed by atoms with E-state index >= 15 is 0 Å². The smallest absolute Gasteiger partial charge is 0.229 e. The van der Waals surface area contributed by atoms with Crippen LogP contribution in [0.2, 0.25) is 0 Å². The highest BCUT2D eigenvalue weighted by Gasteiger charge is 2.19. The zero-order valence-corrected chi connectivity index (χ0v) is 17.2. The average molecular weight is 390 g/mol. The maximum Gasteiger partial charge on any atom is 0.229 e. The first kappa shape index (κ1) is 19.1. The summed E-state index contributed by atoms with van der Waals surface area (Å²) in [5, 5.41) is 3.34. The van der Waals surface area contributed by atoms with E-state index in [2.05, 4.69) is 64.3 Å². The van der Waals surface area contributed by atoms with Crippen LogP contribution in [0.15, 0.2) is 54.7 Å². The van der Waals surface area contributed by atoms with Gasteiger partial charge in [-0.2, -0.15) is 4.98 Å². The van der Waals surface area contributed by atoms with Crippen molar-refractivity contribution in [3.05, 3.63) is 65.9 Å². The van der Waals surface area contributed by atoms with Crippen molar-refractivity contribution >= 4 is 23.1 Å². The molecule has 1 saturated heterocycles. The van der Waals surface area contributed by atoms with Crippen LogP contribution < -0.4 is 19.9 Å². The molecule has 1 aromatic heterocycles. The van der Waals surface area contributed by atoms with Gasteiger partial charge in [-0.05, 0) is 67.4 Å². The van der Waals surface area contributed by atoms with Gasteiger partial charge in [0.1, 0.15) is 11.6 Å². The first-order valence-electron chi connectivity index (χ1n) is 9.93. The molecular formula is C23H27N5O. The average Bonchev–Trinajstić information content (AvgIpc) is 2.73. The normalized spacial score (nSPS) is 14.0. The number of nitrogens with zero attached hydrogens (tertiary/aromatic N) is 4. The summed E-state index contributed by atoms with van der Waals surface area (Å²) in [6.07, 6.45) is 1.82. The van der Waals surface area contributed by atoms with Crippen LogP contribution in [0.5, 0.6) is 5.75 Å². The van der Waals surface area contributed by atoms with Crippen LogP contribution in [-0.2, 0) is 0 Å². The van der Waals surface area contributed by atoms with E-state index in [0.717, 1.165) is 43.4 Å². The molecule has 0 unspecified atom stereocenters. The van der Waals surface area contributed by atoms with E-state index in [9.17, 15) is 0 Å². The van der Waals surface area contributed by atoms with Crippen LogP contribution in [0.3, 0.4) is 0 Å². The highest BCUT2D eigenvalue weighted by Crippen LogP contribution is 2.23. The lowest BCUT2D eigenvalue weighted by Crippen LogP contribution is -2.46. The maximum atomic E-state index is 5.25. The second kappa shape index (κ2) is 8.39. The van der Waals surface area contributed by atoms with Crippen LogP contribution in [0, 0.1) is 13.8 Å². The molecule has 0 radical (unpaired) electrons. The summed E-state index contributed by atoms with van der Waals surface area (Å²) in [5.74, 6) is 2.48. The van der Waals surface area contributed by atoms with Crippen molar-refractivity contribution in [1.82, 2.24) is 9.97 Å². The highest BCUT2D eigenvalue weighted by molar-refractivity contribution is 5.58. The van der Waals surface area contributed by atoms with Crippen molar-refractivity contribution in [3.8, 4) is 5.75 Å². The number of anilines is 4. The van der Waals surface area contributed by atoms with E-state index in [4.69, 9.17) is 9.72 Å². The Bertz CT molecular complexity index is 945. The zero-order chi connectivity index (χ0) is 20.2. The second-order valence-electron chi connectivity index (χ2n) is 7.41. The molecular weight excluding hydrogens is 362 g/mol. The lowest BCUT2D eigenvalue weighted by molar-refractivity contribution is 0.415. The van der Waals surface area contributed by atoms with Gasteiger partial charge < -0.3 is 19.9 Å². The van der Waals surface area contributed by atoms with Gasteiger partial charge in [-0.15, -0.1) is 0 Å². The zero-order valence-electron chi connectivity index (χ0n) is 17.2. The van der Waals surface area contributed by atoms with Gasteiger partial charge in [0.15, 0.2) is 0 Å². The van der Waals surface area contributed by atoms with Gasteiger partial charge in [0.25, 0.3) is 0 Å². The van der Waals surface area contributed by atoms with Crippen LogP contribution in [0.4, 0.5) is 23.1 Å². The second-order valence-corrected chi connectivity index (χ2v) is 7.41. The summed E-state index contributed by atoms with van der Waals surface area (Å²) < 4.78 is 5.25. The first-order valence-corrected chi connectivity index (χ1v) is 9.93.